The Morgan fingerprint density at radius 3 is 2.85 bits per heavy atom. The van der Waals surface area contributed by atoms with E-state index in [1.54, 1.807) is 6.92 Å². The van der Waals surface area contributed by atoms with E-state index >= 15 is 0 Å². The van der Waals surface area contributed by atoms with Crippen LogP contribution in [0.3, 0.4) is 0 Å². The first-order valence-corrected chi connectivity index (χ1v) is 9.37. The van der Waals surface area contributed by atoms with Gasteiger partial charge in [0.1, 0.15) is 12.2 Å². The molecule has 1 N–H and O–H groups in total. The lowest BCUT2D eigenvalue weighted by molar-refractivity contribution is -0.151. The molecule has 0 radical (unpaired) electrons. The lowest BCUT2D eigenvalue weighted by Crippen LogP contribution is -2.53. The zero-order valence-electron chi connectivity index (χ0n) is 16.2. The van der Waals surface area contributed by atoms with E-state index in [2.05, 4.69) is 6.08 Å². The van der Waals surface area contributed by atoms with Crippen molar-refractivity contribution in [2.45, 2.75) is 72.2 Å². The molecule has 3 rings (SSSR count). The summed E-state index contributed by atoms with van der Waals surface area (Å²) in [6.07, 6.45) is 4.13. The molecule has 0 aromatic rings. The van der Waals surface area contributed by atoms with Crippen molar-refractivity contribution in [2.24, 2.45) is 11.3 Å². The summed E-state index contributed by atoms with van der Waals surface area (Å²) in [7, 11) is 0. The van der Waals surface area contributed by atoms with E-state index < -0.39 is 11.5 Å². The number of fused-ring (bicyclic) bond motifs is 2. The van der Waals surface area contributed by atoms with Gasteiger partial charge in [0, 0.05) is 41.4 Å². The monoisotopic (exact) mass is 360 g/mol. The zero-order chi connectivity index (χ0) is 19.2. The van der Waals surface area contributed by atoms with Gasteiger partial charge in [0.15, 0.2) is 0 Å². The van der Waals surface area contributed by atoms with Gasteiger partial charge < -0.3 is 14.6 Å². The third-order valence-electron chi connectivity index (χ3n) is 6.58. The maximum atomic E-state index is 12.2. The molecule has 1 aliphatic heterocycles. The van der Waals surface area contributed by atoms with E-state index in [1.807, 2.05) is 27.7 Å². The van der Waals surface area contributed by atoms with E-state index in [-0.39, 0.29) is 30.1 Å². The molecule has 5 atom stereocenters. The quantitative estimate of drug-likeness (QED) is 0.475. The molecule has 1 heterocycles. The molecule has 0 unspecified atom stereocenters. The normalized spacial score (nSPS) is 36.9. The molecule has 142 valence electrons. The number of esters is 2. The van der Waals surface area contributed by atoms with Crippen molar-refractivity contribution in [2.75, 3.05) is 0 Å². The maximum absolute atomic E-state index is 12.2. The molecule has 0 saturated heterocycles. The largest absolute Gasteiger partial charge is 0.459 e. The highest BCUT2D eigenvalue weighted by Crippen LogP contribution is 2.55. The van der Waals surface area contributed by atoms with E-state index in [9.17, 15) is 14.7 Å². The topological polar surface area (TPSA) is 72.8 Å². The fourth-order valence-electron chi connectivity index (χ4n) is 4.42. The highest BCUT2D eigenvalue weighted by Gasteiger charge is 2.56. The smallest absolute Gasteiger partial charge is 0.334 e. The predicted octanol–water partition coefficient (Wildman–Crippen LogP) is 3.23. The summed E-state index contributed by atoms with van der Waals surface area (Å²) < 4.78 is 11.1. The predicted molar refractivity (Wildman–Crippen MR) is 97.1 cm³/mol. The number of hydrogen-bond acceptors (Lipinski definition) is 5. The van der Waals surface area contributed by atoms with Crippen LogP contribution >= 0.6 is 0 Å². The van der Waals surface area contributed by atoms with Gasteiger partial charge in [-0.15, -0.1) is 0 Å². The van der Waals surface area contributed by atoms with Crippen molar-refractivity contribution in [3.63, 3.8) is 0 Å². The number of allylic oxidation sites excluding steroid dienone is 1. The van der Waals surface area contributed by atoms with E-state index in [0.29, 0.717) is 24.0 Å². The second-order valence-electron chi connectivity index (χ2n) is 7.94. The van der Waals surface area contributed by atoms with Crippen LogP contribution in [0.1, 0.15) is 53.9 Å². The number of hydrogen-bond donors (Lipinski definition) is 1. The minimum Gasteiger partial charge on any atom is -0.459 e. The van der Waals surface area contributed by atoms with Gasteiger partial charge in [-0.05, 0) is 20.3 Å². The Balaban J connectivity index is 1.88. The molecule has 0 bridgehead atoms. The Morgan fingerprint density at radius 2 is 2.19 bits per heavy atom. The third kappa shape index (κ3) is 2.82. The molecule has 3 aliphatic rings. The summed E-state index contributed by atoms with van der Waals surface area (Å²) >= 11 is 0. The summed E-state index contributed by atoms with van der Waals surface area (Å²) in [5.41, 5.74) is 2.68. The minimum atomic E-state index is -0.816. The Labute approximate surface area is 154 Å². The lowest BCUT2D eigenvalue weighted by Gasteiger charge is -2.51. The van der Waals surface area contributed by atoms with Crippen molar-refractivity contribution in [1.29, 1.82) is 0 Å². The Bertz CT molecular complexity index is 729. The number of ether oxygens (including phenoxy) is 2. The van der Waals surface area contributed by atoms with E-state index in [0.717, 1.165) is 17.6 Å². The molecule has 5 heteroatoms. The van der Waals surface area contributed by atoms with Gasteiger partial charge in [0.25, 0.3) is 0 Å². The molecule has 0 aromatic heterocycles. The SMILES string of the molecule is CC/C(C)=C/C(=O)O[C@H]1CC=C2C[C@H]3OC(=O)C(C)=C3[C@@H](O)[C@]2(C)[C@H]1C. The van der Waals surface area contributed by atoms with Gasteiger partial charge in [-0.25, -0.2) is 9.59 Å². The average Bonchev–Trinajstić information content (AvgIpc) is 2.87. The fraction of sp³-hybridized carbons (Fsp3) is 0.619. The highest BCUT2D eigenvalue weighted by molar-refractivity contribution is 5.92. The van der Waals surface area contributed by atoms with Crippen LogP contribution in [0.15, 0.2) is 34.4 Å². The standard InChI is InChI=1S/C21H28O5/c1-6-11(2)9-17(22)25-15-8-7-14-10-16-18(12(3)20(24)26-16)19(23)21(14,5)13(15)4/h7,9,13,15-16,19,23H,6,8,10H2,1-5H3/b11-9+/t13-,15-,16+,19+,21+/m0/s1. The van der Waals surface area contributed by atoms with Crippen LogP contribution in [0.25, 0.3) is 0 Å². The van der Waals surface area contributed by atoms with Crippen molar-refractivity contribution in [3.8, 4) is 0 Å². The molecular formula is C21H28O5. The second-order valence-corrected chi connectivity index (χ2v) is 7.94. The van der Waals surface area contributed by atoms with Crippen molar-refractivity contribution >= 4 is 11.9 Å². The van der Waals surface area contributed by atoms with Gasteiger partial charge in [0.2, 0.25) is 0 Å². The maximum Gasteiger partial charge on any atom is 0.334 e. The first-order valence-electron chi connectivity index (χ1n) is 9.37. The number of carbonyl (C=O) groups excluding carboxylic acids is 2. The van der Waals surface area contributed by atoms with Gasteiger partial charge >= 0.3 is 11.9 Å². The summed E-state index contributed by atoms with van der Waals surface area (Å²) in [5.74, 6) is -0.754. The molecule has 0 spiro atoms. The zero-order valence-corrected chi connectivity index (χ0v) is 16.2. The summed E-state index contributed by atoms with van der Waals surface area (Å²) in [6, 6.07) is 0. The molecule has 0 aromatic carbocycles. The van der Waals surface area contributed by atoms with Crippen LogP contribution in [0.2, 0.25) is 0 Å². The molecule has 1 fully saturated rings. The second kappa shape index (κ2) is 6.69. The van der Waals surface area contributed by atoms with E-state index in [1.165, 1.54) is 6.08 Å². The average molecular weight is 360 g/mol. The molecule has 26 heavy (non-hydrogen) atoms. The van der Waals surface area contributed by atoms with Gasteiger partial charge in [-0.2, -0.15) is 0 Å². The van der Waals surface area contributed by atoms with E-state index in [4.69, 9.17) is 9.47 Å². The number of aliphatic hydroxyl groups excluding tert-OH is 1. The molecule has 5 nitrogen and oxygen atoms in total. The first kappa shape index (κ1) is 18.9. The van der Waals surface area contributed by atoms with Crippen LogP contribution in [0, 0.1) is 11.3 Å². The number of rotatable bonds is 3. The van der Waals surface area contributed by atoms with Gasteiger partial charge in [0.05, 0.1) is 6.10 Å². The Hall–Kier alpha value is -1.88. The van der Waals surface area contributed by atoms with Gasteiger partial charge in [-0.3, -0.25) is 0 Å². The molecule has 1 saturated carbocycles. The van der Waals surface area contributed by atoms with Crippen LogP contribution < -0.4 is 0 Å². The van der Waals surface area contributed by atoms with Crippen LogP contribution in [0.5, 0.6) is 0 Å². The third-order valence-corrected chi connectivity index (χ3v) is 6.58. The Morgan fingerprint density at radius 1 is 1.50 bits per heavy atom. The first-order chi connectivity index (χ1) is 12.2. The molecule has 2 aliphatic carbocycles. The van der Waals surface area contributed by atoms with Gasteiger partial charge in [-0.1, -0.05) is 38.0 Å². The minimum absolute atomic E-state index is 0.0752. The number of carbonyl (C=O) groups is 2. The Kier molecular flexibility index (Phi) is 4.86. The highest BCUT2D eigenvalue weighted by atomic mass is 16.6. The molecular weight excluding hydrogens is 332 g/mol. The summed E-state index contributed by atoms with van der Waals surface area (Å²) in [5, 5.41) is 11.1. The lowest BCUT2D eigenvalue weighted by atomic mass is 9.56. The number of aliphatic hydroxyl groups is 1. The summed E-state index contributed by atoms with van der Waals surface area (Å²) in [4.78, 5) is 24.1. The van der Waals surface area contributed by atoms with Crippen LogP contribution in [-0.4, -0.2) is 35.4 Å². The van der Waals surface area contributed by atoms with Crippen LogP contribution in [-0.2, 0) is 19.1 Å². The molecule has 0 amide bonds. The van der Waals surface area contributed by atoms with Crippen molar-refractivity contribution < 1.29 is 24.2 Å². The fourth-order valence-corrected chi connectivity index (χ4v) is 4.42. The summed E-state index contributed by atoms with van der Waals surface area (Å²) in [6.45, 7) is 9.62. The van der Waals surface area contributed by atoms with Crippen molar-refractivity contribution in [1.82, 2.24) is 0 Å². The van der Waals surface area contributed by atoms with Crippen LogP contribution in [0.4, 0.5) is 0 Å². The van der Waals surface area contributed by atoms with Crippen molar-refractivity contribution in [3.05, 3.63) is 34.4 Å².